The molecule has 0 aliphatic carbocycles. The molecule has 0 radical (unpaired) electrons. The Kier molecular flexibility index (Phi) is 4.75. The van der Waals surface area contributed by atoms with Gasteiger partial charge in [0.15, 0.2) is 6.39 Å². The van der Waals surface area contributed by atoms with Crippen molar-refractivity contribution in [1.82, 2.24) is 14.9 Å². The van der Waals surface area contributed by atoms with E-state index in [1.54, 1.807) is 24.1 Å². The van der Waals surface area contributed by atoms with E-state index in [-0.39, 0.29) is 23.5 Å². The number of hydrogen-bond acceptors (Lipinski definition) is 5. The molecule has 1 atom stereocenters. The van der Waals surface area contributed by atoms with Gasteiger partial charge in [0.2, 0.25) is 11.7 Å². The van der Waals surface area contributed by atoms with Crippen LogP contribution >= 0.6 is 0 Å². The molecule has 6 nitrogen and oxygen atoms in total. The van der Waals surface area contributed by atoms with Gasteiger partial charge >= 0.3 is 0 Å². The fourth-order valence-electron chi connectivity index (χ4n) is 3.48. The molecule has 27 heavy (non-hydrogen) atoms. The molecule has 3 heterocycles. The van der Waals surface area contributed by atoms with Gasteiger partial charge in [-0.25, -0.2) is 14.4 Å². The van der Waals surface area contributed by atoms with Crippen LogP contribution in [0.4, 0.5) is 4.39 Å². The summed E-state index contributed by atoms with van der Waals surface area (Å²) in [6, 6.07) is 6.16. The van der Waals surface area contributed by atoms with Gasteiger partial charge in [0.25, 0.3) is 5.91 Å². The Bertz CT molecular complexity index is 949. The van der Waals surface area contributed by atoms with E-state index < -0.39 is 0 Å². The highest BCUT2D eigenvalue weighted by Gasteiger charge is 2.34. The Morgan fingerprint density at radius 1 is 1.33 bits per heavy atom. The highest BCUT2D eigenvalue weighted by molar-refractivity contribution is 5.92. The molecule has 4 rings (SSSR count). The van der Waals surface area contributed by atoms with Crippen LogP contribution in [-0.2, 0) is 6.42 Å². The van der Waals surface area contributed by atoms with Gasteiger partial charge in [-0.3, -0.25) is 4.79 Å². The third-order valence-corrected chi connectivity index (χ3v) is 4.83. The van der Waals surface area contributed by atoms with Crippen molar-refractivity contribution in [3.05, 3.63) is 71.3 Å². The number of rotatable bonds is 4. The summed E-state index contributed by atoms with van der Waals surface area (Å²) in [6.07, 6.45) is 6.07. The number of carbonyl (C=O) groups is 1. The maximum absolute atomic E-state index is 13.4. The zero-order valence-corrected chi connectivity index (χ0v) is 15.0. The normalized spacial score (nSPS) is 17.3. The number of aryl methyl sites for hydroxylation is 1. The SMILES string of the molecule is Cc1ncoc1C(=O)N1CCCC[C@H]1c1ncc(Cc2cccc(F)c2)o1. The third kappa shape index (κ3) is 3.63. The Morgan fingerprint density at radius 2 is 2.22 bits per heavy atom. The van der Waals surface area contributed by atoms with Gasteiger partial charge in [0.1, 0.15) is 17.6 Å². The number of piperidine rings is 1. The van der Waals surface area contributed by atoms with Gasteiger partial charge in [0.05, 0.1) is 11.9 Å². The Labute approximate surface area is 156 Å². The largest absolute Gasteiger partial charge is 0.443 e. The lowest BCUT2D eigenvalue weighted by Crippen LogP contribution is -2.38. The summed E-state index contributed by atoms with van der Waals surface area (Å²) in [5.41, 5.74) is 1.38. The van der Waals surface area contributed by atoms with Crippen molar-refractivity contribution in [2.45, 2.75) is 38.6 Å². The first-order chi connectivity index (χ1) is 13.1. The van der Waals surface area contributed by atoms with E-state index in [2.05, 4.69) is 9.97 Å². The summed E-state index contributed by atoms with van der Waals surface area (Å²) in [5, 5.41) is 0. The summed E-state index contributed by atoms with van der Waals surface area (Å²) in [6.45, 7) is 2.36. The molecule has 0 bridgehead atoms. The second-order valence-corrected chi connectivity index (χ2v) is 6.75. The van der Waals surface area contributed by atoms with Crippen molar-refractivity contribution in [3.8, 4) is 0 Å². The monoisotopic (exact) mass is 369 g/mol. The number of oxazole rings is 2. The quantitative estimate of drug-likeness (QED) is 0.693. The lowest BCUT2D eigenvalue weighted by Gasteiger charge is -2.33. The third-order valence-electron chi connectivity index (χ3n) is 4.83. The van der Waals surface area contributed by atoms with Crippen molar-refractivity contribution in [2.75, 3.05) is 6.54 Å². The van der Waals surface area contributed by atoms with Crippen LogP contribution in [0.5, 0.6) is 0 Å². The second kappa shape index (κ2) is 7.34. The summed E-state index contributed by atoms with van der Waals surface area (Å²) < 4.78 is 24.6. The smallest absolute Gasteiger partial charge is 0.292 e. The number of carbonyl (C=O) groups excluding carboxylic acids is 1. The van der Waals surface area contributed by atoms with Crippen LogP contribution in [-0.4, -0.2) is 27.3 Å². The van der Waals surface area contributed by atoms with Gasteiger partial charge in [-0.15, -0.1) is 0 Å². The molecule has 7 heteroatoms. The van der Waals surface area contributed by atoms with Crippen molar-refractivity contribution in [2.24, 2.45) is 0 Å². The molecule has 0 N–H and O–H groups in total. The molecule has 1 amide bonds. The molecule has 0 spiro atoms. The average molecular weight is 369 g/mol. The predicted molar refractivity (Wildman–Crippen MR) is 94.6 cm³/mol. The summed E-state index contributed by atoms with van der Waals surface area (Å²) in [4.78, 5) is 23.0. The second-order valence-electron chi connectivity index (χ2n) is 6.75. The van der Waals surface area contributed by atoms with E-state index in [0.29, 0.717) is 30.3 Å². The fraction of sp³-hybridized carbons (Fsp3) is 0.350. The number of aromatic nitrogens is 2. The number of likely N-dealkylation sites (tertiary alicyclic amines) is 1. The zero-order chi connectivity index (χ0) is 18.8. The van der Waals surface area contributed by atoms with Crippen LogP contribution in [0.3, 0.4) is 0 Å². The van der Waals surface area contributed by atoms with Crippen LogP contribution in [0.1, 0.15) is 58.8 Å². The Balaban J connectivity index is 1.55. The van der Waals surface area contributed by atoms with Gasteiger partial charge in [-0.05, 0) is 43.9 Å². The van der Waals surface area contributed by atoms with E-state index in [1.165, 1.54) is 18.5 Å². The van der Waals surface area contributed by atoms with Crippen LogP contribution in [0.2, 0.25) is 0 Å². The van der Waals surface area contributed by atoms with Crippen LogP contribution < -0.4 is 0 Å². The van der Waals surface area contributed by atoms with E-state index in [0.717, 1.165) is 24.8 Å². The fourth-order valence-corrected chi connectivity index (χ4v) is 3.48. The summed E-state index contributed by atoms with van der Waals surface area (Å²) in [7, 11) is 0. The Hall–Kier alpha value is -2.96. The molecule has 1 aliphatic heterocycles. The lowest BCUT2D eigenvalue weighted by molar-refractivity contribution is 0.0537. The van der Waals surface area contributed by atoms with Gasteiger partial charge in [0, 0.05) is 13.0 Å². The van der Waals surface area contributed by atoms with Gasteiger partial charge in [-0.1, -0.05) is 12.1 Å². The van der Waals surface area contributed by atoms with Crippen molar-refractivity contribution in [3.63, 3.8) is 0 Å². The van der Waals surface area contributed by atoms with Crippen LogP contribution in [0.15, 0.2) is 45.7 Å². The van der Waals surface area contributed by atoms with Crippen molar-refractivity contribution in [1.29, 1.82) is 0 Å². The molecular formula is C20H20FN3O3. The summed E-state index contributed by atoms with van der Waals surface area (Å²) in [5.74, 6) is 0.933. The first kappa shape index (κ1) is 17.5. The summed E-state index contributed by atoms with van der Waals surface area (Å²) >= 11 is 0. The number of hydrogen-bond donors (Lipinski definition) is 0. The highest BCUT2D eigenvalue weighted by atomic mass is 19.1. The van der Waals surface area contributed by atoms with Gasteiger partial charge in [-0.2, -0.15) is 0 Å². The first-order valence-electron chi connectivity index (χ1n) is 9.02. The average Bonchev–Trinajstić information content (AvgIpc) is 3.30. The van der Waals surface area contributed by atoms with Crippen molar-refractivity contribution >= 4 is 5.91 Å². The van der Waals surface area contributed by atoms with E-state index in [9.17, 15) is 9.18 Å². The molecule has 2 aromatic heterocycles. The van der Waals surface area contributed by atoms with E-state index >= 15 is 0 Å². The number of nitrogens with zero attached hydrogens (tertiary/aromatic N) is 3. The molecule has 0 saturated carbocycles. The van der Waals surface area contributed by atoms with Crippen molar-refractivity contribution < 1.29 is 18.0 Å². The number of amides is 1. The maximum atomic E-state index is 13.4. The molecule has 1 aliphatic rings. The standard InChI is InChI=1S/C20H20FN3O3/c1-13-18(26-12-23-13)20(25)24-8-3-2-7-17(24)19-22-11-16(27-19)10-14-5-4-6-15(21)9-14/h4-6,9,11-12,17H,2-3,7-8,10H2,1H3/t17-/m0/s1. The number of halogens is 1. The topological polar surface area (TPSA) is 72.4 Å². The molecule has 1 fully saturated rings. The minimum atomic E-state index is -0.279. The minimum absolute atomic E-state index is 0.195. The highest BCUT2D eigenvalue weighted by Crippen LogP contribution is 2.32. The molecule has 3 aromatic rings. The zero-order valence-electron chi connectivity index (χ0n) is 15.0. The maximum Gasteiger partial charge on any atom is 0.292 e. The molecule has 0 unspecified atom stereocenters. The van der Waals surface area contributed by atoms with Crippen LogP contribution in [0.25, 0.3) is 0 Å². The van der Waals surface area contributed by atoms with Gasteiger partial charge < -0.3 is 13.7 Å². The minimum Gasteiger partial charge on any atom is -0.443 e. The van der Waals surface area contributed by atoms with E-state index in [4.69, 9.17) is 8.83 Å². The van der Waals surface area contributed by atoms with E-state index in [1.807, 2.05) is 6.07 Å². The number of benzene rings is 1. The van der Waals surface area contributed by atoms with Crippen LogP contribution in [0, 0.1) is 12.7 Å². The molecular weight excluding hydrogens is 349 g/mol. The molecule has 1 saturated heterocycles. The molecule has 140 valence electrons. The predicted octanol–water partition coefficient (Wildman–Crippen LogP) is 4.07. The lowest BCUT2D eigenvalue weighted by atomic mass is 10.0. The molecule has 1 aromatic carbocycles. The Morgan fingerprint density at radius 3 is 3.00 bits per heavy atom. The first-order valence-corrected chi connectivity index (χ1v) is 9.02.